The van der Waals surface area contributed by atoms with Gasteiger partial charge in [-0.25, -0.2) is 4.79 Å². The first kappa shape index (κ1) is 15.3. The van der Waals surface area contributed by atoms with Crippen LogP contribution >= 0.6 is 0 Å². The van der Waals surface area contributed by atoms with Crippen LogP contribution in [0.15, 0.2) is 18.2 Å². The molecule has 0 heterocycles. The summed E-state index contributed by atoms with van der Waals surface area (Å²) in [5.74, 6) is 0.405. The molecule has 0 radical (unpaired) electrons. The van der Waals surface area contributed by atoms with Crippen LogP contribution in [-0.4, -0.2) is 19.2 Å². The van der Waals surface area contributed by atoms with Gasteiger partial charge in [-0.15, -0.1) is 0 Å². The van der Waals surface area contributed by atoms with Crippen molar-refractivity contribution in [1.82, 2.24) is 0 Å². The summed E-state index contributed by atoms with van der Waals surface area (Å²) in [6, 6.07) is 5.11. The van der Waals surface area contributed by atoms with Gasteiger partial charge in [0.15, 0.2) is 5.75 Å². The number of carbonyl (C=O) groups excluding carboxylic acids is 1. The fourth-order valence-electron chi connectivity index (χ4n) is 1.89. The minimum Gasteiger partial charge on any atom is -0.491 e. The van der Waals surface area contributed by atoms with E-state index in [1.165, 1.54) is 0 Å². The third kappa shape index (κ3) is 4.47. The summed E-state index contributed by atoms with van der Waals surface area (Å²) < 4.78 is 10.7. The van der Waals surface area contributed by atoms with Gasteiger partial charge >= 0.3 is 5.97 Å². The van der Waals surface area contributed by atoms with E-state index in [1.54, 1.807) is 18.2 Å². The van der Waals surface area contributed by atoms with Gasteiger partial charge in [0, 0.05) is 0 Å². The molecule has 19 heavy (non-hydrogen) atoms. The van der Waals surface area contributed by atoms with E-state index in [-0.39, 0.29) is 5.97 Å². The second-order valence-electron chi connectivity index (χ2n) is 4.65. The van der Waals surface area contributed by atoms with Crippen LogP contribution < -0.4 is 10.5 Å². The minimum atomic E-state index is -0.376. The van der Waals surface area contributed by atoms with Crippen molar-refractivity contribution in [2.75, 3.05) is 18.9 Å². The lowest BCUT2D eigenvalue weighted by atomic mass is 10.1. The van der Waals surface area contributed by atoms with E-state index in [2.05, 4.69) is 13.8 Å². The summed E-state index contributed by atoms with van der Waals surface area (Å²) in [5, 5.41) is 0. The maximum absolute atomic E-state index is 12.0. The van der Waals surface area contributed by atoms with Crippen LogP contribution in [0.2, 0.25) is 0 Å². The summed E-state index contributed by atoms with van der Waals surface area (Å²) in [4.78, 5) is 12.0. The number of para-hydroxylation sites is 1. The molecule has 0 spiro atoms. The molecule has 1 rings (SSSR count). The highest BCUT2D eigenvalue weighted by molar-refractivity contribution is 5.94. The summed E-state index contributed by atoms with van der Waals surface area (Å²) in [5.41, 5.74) is 6.67. The summed E-state index contributed by atoms with van der Waals surface area (Å²) in [6.07, 6.45) is 2.13. The van der Waals surface area contributed by atoms with E-state index in [0.717, 1.165) is 12.8 Å². The Morgan fingerprint density at radius 1 is 1.37 bits per heavy atom. The maximum Gasteiger partial charge on any atom is 0.342 e. The molecule has 0 saturated heterocycles. The Morgan fingerprint density at radius 3 is 2.74 bits per heavy atom. The largest absolute Gasteiger partial charge is 0.491 e. The Bertz CT molecular complexity index is 418. The van der Waals surface area contributed by atoms with Crippen molar-refractivity contribution in [3.63, 3.8) is 0 Å². The molecule has 1 unspecified atom stereocenters. The van der Waals surface area contributed by atoms with E-state index >= 15 is 0 Å². The lowest BCUT2D eigenvalue weighted by molar-refractivity contribution is 0.0439. The third-order valence-electron chi connectivity index (χ3n) is 2.83. The van der Waals surface area contributed by atoms with Crippen LogP contribution in [0.25, 0.3) is 0 Å². The van der Waals surface area contributed by atoms with Gasteiger partial charge in [-0.05, 0) is 31.4 Å². The standard InChI is InChI=1S/C15H23NO3/c1-4-7-11(3)10-19-15(17)12-8-6-9-13(16)14(12)18-5-2/h6,8-9,11H,4-5,7,10,16H2,1-3H3. The van der Waals surface area contributed by atoms with Crippen molar-refractivity contribution in [3.05, 3.63) is 23.8 Å². The van der Waals surface area contributed by atoms with Crippen LogP contribution in [0.4, 0.5) is 5.69 Å². The van der Waals surface area contributed by atoms with Crippen LogP contribution in [0.3, 0.4) is 0 Å². The lowest BCUT2D eigenvalue weighted by Gasteiger charge is -2.14. The molecule has 1 aromatic carbocycles. The summed E-state index contributed by atoms with van der Waals surface area (Å²) >= 11 is 0. The molecule has 0 fully saturated rings. The number of esters is 1. The first-order valence-corrected chi connectivity index (χ1v) is 6.78. The van der Waals surface area contributed by atoms with Gasteiger partial charge < -0.3 is 15.2 Å². The molecule has 0 aliphatic rings. The number of nitrogen functional groups attached to an aromatic ring is 1. The number of rotatable bonds is 7. The zero-order chi connectivity index (χ0) is 14.3. The first-order chi connectivity index (χ1) is 9.10. The van der Waals surface area contributed by atoms with Crippen molar-refractivity contribution in [2.45, 2.75) is 33.6 Å². The number of nitrogens with two attached hydrogens (primary N) is 1. The fourth-order valence-corrected chi connectivity index (χ4v) is 1.89. The minimum absolute atomic E-state index is 0.366. The molecular formula is C15H23NO3. The highest BCUT2D eigenvalue weighted by Crippen LogP contribution is 2.27. The van der Waals surface area contributed by atoms with Gasteiger partial charge in [-0.3, -0.25) is 0 Å². The number of benzene rings is 1. The Balaban J connectivity index is 2.73. The smallest absolute Gasteiger partial charge is 0.342 e. The predicted molar refractivity (Wildman–Crippen MR) is 76.4 cm³/mol. The highest BCUT2D eigenvalue weighted by Gasteiger charge is 2.17. The zero-order valence-electron chi connectivity index (χ0n) is 11.9. The van der Waals surface area contributed by atoms with E-state index in [4.69, 9.17) is 15.2 Å². The predicted octanol–water partition coefficient (Wildman–Crippen LogP) is 3.26. The zero-order valence-corrected chi connectivity index (χ0v) is 11.9. The SMILES string of the molecule is CCCC(C)COC(=O)c1cccc(N)c1OCC. The van der Waals surface area contributed by atoms with Crippen molar-refractivity contribution >= 4 is 11.7 Å². The van der Waals surface area contributed by atoms with Gasteiger partial charge in [-0.1, -0.05) is 26.3 Å². The first-order valence-electron chi connectivity index (χ1n) is 6.78. The van der Waals surface area contributed by atoms with Gasteiger partial charge in [0.25, 0.3) is 0 Å². The molecule has 4 heteroatoms. The second kappa shape index (κ2) is 7.67. The number of carbonyl (C=O) groups is 1. The quantitative estimate of drug-likeness (QED) is 0.607. The third-order valence-corrected chi connectivity index (χ3v) is 2.83. The Labute approximate surface area is 114 Å². The fraction of sp³-hybridized carbons (Fsp3) is 0.533. The summed E-state index contributed by atoms with van der Waals surface area (Å²) in [7, 11) is 0. The highest BCUT2D eigenvalue weighted by atomic mass is 16.5. The normalized spacial score (nSPS) is 11.9. The van der Waals surface area contributed by atoms with Crippen molar-refractivity contribution in [2.24, 2.45) is 5.92 Å². The Hall–Kier alpha value is -1.71. The molecule has 0 aliphatic carbocycles. The van der Waals surface area contributed by atoms with Crippen molar-refractivity contribution in [1.29, 1.82) is 0 Å². The van der Waals surface area contributed by atoms with Crippen molar-refractivity contribution in [3.8, 4) is 5.75 Å². The molecule has 0 aromatic heterocycles. The van der Waals surface area contributed by atoms with E-state index in [0.29, 0.717) is 36.1 Å². The number of ether oxygens (including phenoxy) is 2. The molecule has 0 bridgehead atoms. The molecular weight excluding hydrogens is 242 g/mol. The van der Waals surface area contributed by atoms with E-state index < -0.39 is 0 Å². The van der Waals surface area contributed by atoms with Gasteiger partial charge in [0.1, 0.15) is 5.56 Å². The van der Waals surface area contributed by atoms with Gasteiger partial charge in [0.05, 0.1) is 18.9 Å². The molecule has 0 aliphatic heterocycles. The van der Waals surface area contributed by atoms with E-state index in [1.807, 2.05) is 6.92 Å². The second-order valence-corrected chi connectivity index (χ2v) is 4.65. The van der Waals surface area contributed by atoms with Crippen LogP contribution in [0.5, 0.6) is 5.75 Å². The van der Waals surface area contributed by atoms with Crippen LogP contribution in [-0.2, 0) is 4.74 Å². The Kier molecular flexibility index (Phi) is 6.19. The average Bonchev–Trinajstić information content (AvgIpc) is 2.39. The lowest BCUT2D eigenvalue weighted by Crippen LogP contribution is -2.14. The summed E-state index contributed by atoms with van der Waals surface area (Å²) in [6.45, 7) is 6.92. The Morgan fingerprint density at radius 2 is 2.11 bits per heavy atom. The topological polar surface area (TPSA) is 61.5 Å². The number of hydrogen-bond acceptors (Lipinski definition) is 4. The molecule has 106 valence electrons. The van der Waals surface area contributed by atoms with Crippen molar-refractivity contribution < 1.29 is 14.3 Å². The maximum atomic E-state index is 12.0. The van der Waals surface area contributed by atoms with Gasteiger partial charge in [0.2, 0.25) is 0 Å². The number of anilines is 1. The monoisotopic (exact) mass is 265 g/mol. The van der Waals surface area contributed by atoms with Gasteiger partial charge in [-0.2, -0.15) is 0 Å². The molecule has 1 atom stereocenters. The van der Waals surface area contributed by atoms with Crippen LogP contribution in [0, 0.1) is 5.92 Å². The molecule has 2 N–H and O–H groups in total. The molecule has 0 amide bonds. The molecule has 0 saturated carbocycles. The van der Waals surface area contributed by atoms with E-state index in [9.17, 15) is 4.79 Å². The molecule has 1 aromatic rings. The average molecular weight is 265 g/mol. The number of hydrogen-bond donors (Lipinski definition) is 1. The molecule has 4 nitrogen and oxygen atoms in total. The van der Waals surface area contributed by atoms with Crippen LogP contribution in [0.1, 0.15) is 44.0 Å².